The zero-order valence-electron chi connectivity index (χ0n) is 25.9. The number of nitrogens with zero attached hydrogens (tertiary/aromatic N) is 1. The van der Waals surface area contributed by atoms with Gasteiger partial charge in [-0.1, -0.05) is 32.0 Å². The highest BCUT2D eigenvalue weighted by atomic mass is 16.5. The number of nitrogens with one attached hydrogen (secondary N) is 2. The van der Waals surface area contributed by atoms with Crippen molar-refractivity contribution in [3.8, 4) is 17.2 Å². The second kappa shape index (κ2) is 16.7. The van der Waals surface area contributed by atoms with Crippen molar-refractivity contribution >= 4 is 17.8 Å². The Morgan fingerprint density at radius 1 is 1.12 bits per heavy atom. The topological polar surface area (TPSA) is 126 Å². The Kier molecular flexibility index (Phi) is 13.1. The van der Waals surface area contributed by atoms with E-state index >= 15 is 0 Å². The number of fused-ring (bicyclic) bond motifs is 16. The molecule has 43 heavy (non-hydrogen) atoms. The highest BCUT2D eigenvalue weighted by molar-refractivity contribution is 5.80. The summed E-state index contributed by atoms with van der Waals surface area (Å²) in [6.45, 7) is 8.30. The lowest BCUT2D eigenvalue weighted by molar-refractivity contribution is -0.156. The van der Waals surface area contributed by atoms with Gasteiger partial charge in [-0.15, -0.1) is 0 Å². The minimum Gasteiger partial charge on any atom is -0.508 e. The summed E-state index contributed by atoms with van der Waals surface area (Å²) in [6, 6.07) is 12.5. The van der Waals surface area contributed by atoms with Gasteiger partial charge in [0.1, 0.15) is 5.75 Å². The van der Waals surface area contributed by atoms with Crippen LogP contribution in [0.3, 0.4) is 0 Å². The van der Waals surface area contributed by atoms with Crippen LogP contribution in [0.4, 0.5) is 0 Å². The largest absolute Gasteiger partial charge is 0.508 e. The minimum atomic E-state index is -0.965. The van der Waals surface area contributed by atoms with Gasteiger partial charge >= 0.3 is 5.97 Å². The first-order valence-electron chi connectivity index (χ1n) is 15.1. The predicted molar refractivity (Wildman–Crippen MR) is 164 cm³/mol. The van der Waals surface area contributed by atoms with Crippen LogP contribution in [-0.4, -0.2) is 74.3 Å². The molecule has 0 aromatic heterocycles. The molecule has 4 rings (SSSR count). The zero-order valence-corrected chi connectivity index (χ0v) is 25.9. The van der Waals surface area contributed by atoms with Crippen molar-refractivity contribution in [3.63, 3.8) is 0 Å². The lowest BCUT2D eigenvalue weighted by atomic mass is 9.76. The fraction of sp³-hybridized carbons (Fsp3) is 0.545. The average Bonchev–Trinajstić information content (AvgIpc) is 2.97. The summed E-state index contributed by atoms with van der Waals surface area (Å²) >= 11 is 0. The van der Waals surface area contributed by atoms with E-state index in [9.17, 15) is 19.5 Å². The van der Waals surface area contributed by atoms with E-state index in [4.69, 9.17) is 14.2 Å². The number of hydrogen-bond donors (Lipinski definition) is 3. The van der Waals surface area contributed by atoms with Crippen LogP contribution in [0, 0.1) is 11.3 Å². The number of hydrogen-bond acceptors (Lipinski definition) is 8. The molecule has 10 heteroatoms. The first-order chi connectivity index (χ1) is 20.6. The molecule has 0 spiro atoms. The smallest absolute Gasteiger partial charge is 0.314 e. The Hall–Kier alpha value is -3.79. The summed E-state index contributed by atoms with van der Waals surface area (Å²) in [5, 5.41) is 15.8. The summed E-state index contributed by atoms with van der Waals surface area (Å²) in [7, 11) is 1.53. The van der Waals surface area contributed by atoms with Crippen LogP contribution in [0.5, 0.6) is 17.2 Å². The summed E-state index contributed by atoms with van der Waals surface area (Å²) < 4.78 is 16.9. The summed E-state index contributed by atoms with van der Waals surface area (Å²) in [5.41, 5.74) is 0.797. The third kappa shape index (κ3) is 10.8. The zero-order chi connectivity index (χ0) is 31.2. The van der Waals surface area contributed by atoms with E-state index in [1.165, 1.54) is 7.11 Å². The molecule has 2 amide bonds. The van der Waals surface area contributed by atoms with E-state index in [1.54, 1.807) is 31.2 Å². The second-order valence-electron chi connectivity index (χ2n) is 11.6. The molecule has 10 nitrogen and oxygen atoms in total. The van der Waals surface area contributed by atoms with Crippen LogP contribution >= 0.6 is 0 Å². The molecule has 2 aliphatic rings. The van der Waals surface area contributed by atoms with Gasteiger partial charge in [0, 0.05) is 32.6 Å². The van der Waals surface area contributed by atoms with Gasteiger partial charge in [0.05, 0.1) is 19.1 Å². The van der Waals surface area contributed by atoms with Gasteiger partial charge in [-0.3, -0.25) is 19.3 Å². The standard InChI is InChI=1S/C33H47N3O7/c1-5-42-32(40)33(14-13-24(2)3)20-25-11-12-28(29(19-25)41-4)43-22-31(39)34-15-17-36(16-7-10-30(38)35-23-33)21-26-8-6-9-27(37)18-26/h6,8-9,11-12,18-19,24,37H,5,7,10,13-17,20-23H2,1-4H3,(H,34,39)(H,35,38). The van der Waals surface area contributed by atoms with Crippen molar-refractivity contribution in [2.75, 3.05) is 46.5 Å². The van der Waals surface area contributed by atoms with E-state index in [0.29, 0.717) is 62.9 Å². The summed E-state index contributed by atoms with van der Waals surface area (Å²) in [6.07, 6.45) is 2.53. The number of phenolic OH excluding ortho intramolecular Hbond substituents is 1. The van der Waals surface area contributed by atoms with Gasteiger partial charge in [0.2, 0.25) is 5.91 Å². The fourth-order valence-corrected chi connectivity index (χ4v) is 5.22. The minimum absolute atomic E-state index is 0.136. The van der Waals surface area contributed by atoms with Crippen LogP contribution in [0.2, 0.25) is 0 Å². The van der Waals surface area contributed by atoms with Crippen molar-refractivity contribution in [2.45, 2.75) is 59.4 Å². The van der Waals surface area contributed by atoms with E-state index < -0.39 is 5.41 Å². The van der Waals surface area contributed by atoms with Gasteiger partial charge in [0.15, 0.2) is 18.1 Å². The molecule has 2 bridgehead atoms. The Morgan fingerprint density at radius 2 is 1.93 bits per heavy atom. The summed E-state index contributed by atoms with van der Waals surface area (Å²) in [5.74, 6) is 0.667. The Labute approximate surface area is 255 Å². The van der Waals surface area contributed by atoms with Crippen LogP contribution in [-0.2, 0) is 32.1 Å². The van der Waals surface area contributed by atoms with Crippen molar-refractivity contribution in [3.05, 3.63) is 53.6 Å². The highest BCUT2D eigenvalue weighted by Gasteiger charge is 2.40. The van der Waals surface area contributed by atoms with Crippen LogP contribution in [0.25, 0.3) is 0 Å². The molecular formula is C33H47N3O7. The van der Waals surface area contributed by atoms with Crippen LogP contribution in [0.15, 0.2) is 42.5 Å². The Bertz CT molecular complexity index is 1220. The molecule has 0 saturated carbocycles. The fourth-order valence-electron chi connectivity index (χ4n) is 5.22. The van der Waals surface area contributed by atoms with Crippen molar-refractivity contribution in [1.29, 1.82) is 0 Å². The number of benzene rings is 2. The lowest BCUT2D eigenvalue weighted by Gasteiger charge is -2.33. The van der Waals surface area contributed by atoms with Crippen molar-refractivity contribution < 1.29 is 33.7 Å². The van der Waals surface area contributed by atoms with Crippen molar-refractivity contribution in [2.24, 2.45) is 11.3 Å². The van der Waals surface area contributed by atoms with Gasteiger partial charge in [-0.25, -0.2) is 0 Å². The van der Waals surface area contributed by atoms with Gasteiger partial charge in [0.25, 0.3) is 5.91 Å². The molecule has 0 radical (unpaired) electrons. The number of amides is 2. The number of carbonyl (C=O) groups excluding carboxylic acids is 3. The molecule has 0 aliphatic carbocycles. The van der Waals surface area contributed by atoms with Crippen LogP contribution in [0.1, 0.15) is 57.6 Å². The molecule has 236 valence electrons. The molecular weight excluding hydrogens is 550 g/mol. The first-order valence-corrected chi connectivity index (χ1v) is 15.1. The number of methoxy groups -OCH3 is 1. The number of ether oxygens (including phenoxy) is 3. The third-order valence-corrected chi connectivity index (χ3v) is 7.61. The van der Waals surface area contributed by atoms with Crippen molar-refractivity contribution in [1.82, 2.24) is 15.5 Å². The predicted octanol–water partition coefficient (Wildman–Crippen LogP) is 3.84. The quantitative estimate of drug-likeness (QED) is 0.310. The number of phenols is 1. The Balaban J connectivity index is 1.88. The third-order valence-electron chi connectivity index (χ3n) is 7.61. The maximum Gasteiger partial charge on any atom is 0.314 e. The Morgan fingerprint density at radius 3 is 2.65 bits per heavy atom. The summed E-state index contributed by atoms with van der Waals surface area (Å²) in [4.78, 5) is 41.4. The van der Waals surface area contributed by atoms with Gasteiger partial charge in [-0.05, 0) is 80.5 Å². The van der Waals surface area contributed by atoms with Gasteiger partial charge < -0.3 is 30.0 Å². The monoisotopic (exact) mass is 597 g/mol. The molecule has 0 saturated heterocycles. The number of aromatic hydroxyl groups is 1. The number of carbonyl (C=O) groups is 3. The molecule has 2 aromatic carbocycles. The first kappa shape index (κ1) is 33.7. The maximum atomic E-state index is 13.5. The lowest BCUT2D eigenvalue weighted by Crippen LogP contribution is -2.46. The normalized spacial score (nSPS) is 19.4. The highest BCUT2D eigenvalue weighted by Crippen LogP contribution is 2.35. The second-order valence-corrected chi connectivity index (χ2v) is 11.6. The molecule has 1 unspecified atom stereocenters. The van der Waals surface area contributed by atoms with E-state index in [2.05, 4.69) is 29.4 Å². The van der Waals surface area contributed by atoms with E-state index in [1.807, 2.05) is 18.2 Å². The van der Waals surface area contributed by atoms with E-state index in [0.717, 1.165) is 17.5 Å². The molecule has 1 atom stereocenters. The van der Waals surface area contributed by atoms with Crippen LogP contribution < -0.4 is 20.1 Å². The van der Waals surface area contributed by atoms with E-state index in [-0.39, 0.29) is 49.7 Å². The average molecular weight is 598 g/mol. The molecule has 2 aromatic rings. The molecule has 2 aliphatic heterocycles. The molecule has 3 N–H and O–H groups in total. The molecule has 0 fully saturated rings. The van der Waals surface area contributed by atoms with Gasteiger partial charge in [-0.2, -0.15) is 0 Å². The molecule has 2 heterocycles. The maximum absolute atomic E-state index is 13.5. The number of esters is 1. The SMILES string of the molecule is CCOC(=O)C1(CCC(C)C)CNC(=O)CCCN(Cc2cccc(O)c2)CCNC(=O)COc2ccc(cc2OC)C1. The number of rotatable bonds is 8.